The minimum atomic E-state index is -0.759. The van der Waals surface area contributed by atoms with Gasteiger partial charge in [-0.3, -0.25) is 0 Å². The van der Waals surface area contributed by atoms with Gasteiger partial charge in [0.15, 0.2) is 6.07 Å². The molecule has 1 aromatic rings. The minimum Gasteiger partial charge on any atom is -0.206 e. The minimum absolute atomic E-state index is 0.177. The summed E-state index contributed by atoms with van der Waals surface area (Å²) in [6, 6.07) is 3.16. The molecule has 0 heterocycles. The number of halogens is 3. The van der Waals surface area contributed by atoms with Crippen molar-refractivity contribution in [3.8, 4) is 17.9 Å². The van der Waals surface area contributed by atoms with Gasteiger partial charge in [-0.15, -0.1) is 0 Å². The van der Waals surface area contributed by atoms with Gasteiger partial charge in [-0.2, -0.15) is 5.26 Å². The molecule has 0 fully saturated rings. The number of rotatable bonds is 0. The third-order valence-electron chi connectivity index (χ3n) is 1.26. The van der Waals surface area contributed by atoms with Crippen LogP contribution in [0.25, 0.3) is 0 Å². The van der Waals surface area contributed by atoms with Crippen LogP contribution in [0, 0.1) is 34.8 Å². The molecule has 0 N–H and O–H groups in total. The van der Waals surface area contributed by atoms with E-state index in [1.165, 1.54) is 6.07 Å². The number of nitrogens with zero attached hydrogens (tertiary/aromatic N) is 1. The van der Waals surface area contributed by atoms with E-state index in [1.54, 1.807) is 0 Å². The van der Waals surface area contributed by atoms with Crippen molar-refractivity contribution in [2.45, 2.75) is 0 Å². The first kappa shape index (κ1) is 9.51. The van der Waals surface area contributed by atoms with Crippen LogP contribution >= 0.6 is 11.6 Å². The van der Waals surface area contributed by atoms with E-state index in [1.807, 2.05) is 5.92 Å². The van der Waals surface area contributed by atoms with Gasteiger partial charge in [-0.25, -0.2) is 8.78 Å². The molecule has 0 atom stereocenters. The summed E-state index contributed by atoms with van der Waals surface area (Å²) < 4.78 is 25.6. The Morgan fingerprint density at radius 3 is 2.54 bits per heavy atom. The molecule has 0 saturated carbocycles. The van der Waals surface area contributed by atoms with E-state index < -0.39 is 11.6 Å². The normalized spacial score (nSPS) is 8.46. The summed E-state index contributed by atoms with van der Waals surface area (Å²) in [6.07, 6.45) is 0. The van der Waals surface area contributed by atoms with Crippen LogP contribution in [0.2, 0.25) is 5.02 Å². The molecule has 0 saturated heterocycles. The third kappa shape index (κ3) is 2.18. The topological polar surface area (TPSA) is 23.8 Å². The zero-order valence-electron chi connectivity index (χ0n) is 6.24. The summed E-state index contributed by atoms with van der Waals surface area (Å²) in [7, 11) is 0. The van der Waals surface area contributed by atoms with Gasteiger partial charge in [0.05, 0.1) is 10.6 Å². The Balaban J connectivity index is 3.25. The van der Waals surface area contributed by atoms with Crippen LogP contribution in [0.1, 0.15) is 5.56 Å². The zero-order chi connectivity index (χ0) is 9.84. The van der Waals surface area contributed by atoms with Gasteiger partial charge in [-0.1, -0.05) is 11.6 Å². The fourth-order valence-electron chi connectivity index (χ4n) is 0.714. The van der Waals surface area contributed by atoms with Gasteiger partial charge in [-0.05, 0) is 18.1 Å². The van der Waals surface area contributed by atoms with E-state index >= 15 is 0 Å². The quantitative estimate of drug-likeness (QED) is 0.463. The van der Waals surface area contributed by atoms with Gasteiger partial charge in [0.2, 0.25) is 0 Å². The van der Waals surface area contributed by atoms with Crippen molar-refractivity contribution in [2.24, 2.45) is 0 Å². The second-order valence-corrected chi connectivity index (χ2v) is 2.52. The van der Waals surface area contributed by atoms with E-state index in [0.29, 0.717) is 0 Å². The molecule has 0 bridgehead atoms. The maximum Gasteiger partial charge on any atom is 0.152 e. The molecule has 1 aromatic carbocycles. The van der Waals surface area contributed by atoms with Crippen molar-refractivity contribution in [3.63, 3.8) is 0 Å². The highest BCUT2D eigenvalue weighted by atomic mass is 35.5. The highest BCUT2D eigenvalue weighted by Gasteiger charge is 2.05. The average molecular weight is 198 g/mol. The third-order valence-corrected chi connectivity index (χ3v) is 1.55. The SMILES string of the molecule is N#CC#Cc1cc(F)c(Cl)cc1F. The lowest BCUT2D eigenvalue weighted by molar-refractivity contribution is 0.597. The fourth-order valence-corrected chi connectivity index (χ4v) is 0.864. The molecule has 64 valence electrons. The van der Waals surface area contributed by atoms with Crippen LogP contribution in [0.15, 0.2) is 12.1 Å². The zero-order valence-corrected chi connectivity index (χ0v) is 6.99. The molecule has 0 unspecified atom stereocenters. The number of benzene rings is 1. The molecule has 0 aliphatic carbocycles. The largest absolute Gasteiger partial charge is 0.206 e. The van der Waals surface area contributed by atoms with Crippen LogP contribution in [-0.2, 0) is 0 Å². The molecular formula is C9H2ClF2N. The molecule has 0 amide bonds. The lowest BCUT2D eigenvalue weighted by atomic mass is 10.2. The molecule has 0 radical (unpaired) electrons. The Kier molecular flexibility index (Phi) is 2.84. The second kappa shape index (κ2) is 3.89. The average Bonchev–Trinajstić information content (AvgIpc) is 2.09. The highest BCUT2D eigenvalue weighted by Crippen LogP contribution is 2.18. The Bertz CT molecular complexity index is 437. The monoisotopic (exact) mass is 197 g/mol. The predicted octanol–water partition coefficient (Wildman–Crippen LogP) is 2.49. The number of hydrogen-bond acceptors (Lipinski definition) is 1. The molecular weight excluding hydrogens is 196 g/mol. The summed E-state index contributed by atoms with van der Waals surface area (Å²) in [6.45, 7) is 0. The summed E-state index contributed by atoms with van der Waals surface area (Å²) in [5.74, 6) is 2.60. The predicted molar refractivity (Wildman–Crippen MR) is 43.9 cm³/mol. The van der Waals surface area contributed by atoms with Gasteiger partial charge in [0, 0.05) is 5.92 Å². The van der Waals surface area contributed by atoms with Crippen molar-refractivity contribution in [3.05, 3.63) is 34.4 Å². The molecule has 13 heavy (non-hydrogen) atoms. The number of hydrogen-bond donors (Lipinski definition) is 0. The first-order chi connectivity index (χ1) is 6.15. The summed E-state index contributed by atoms with van der Waals surface area (Å²) in [4.78, 5) is 0. The van der Waals surface area contributed by atoms with Crippen LogP contribution in [0.5, 0.6) is 0 Å². The molecule has 4 heteroatoms. The van der Waals surface area contributed by atoms with Crippen molar-refractivity contribution in [1.29, 1.82) is 5.26 Å². The standard InChI is InChI=1S/C9H2ClF2N/c10-7-5-8(11)6(2-1-3-13)4-9(7)12/h4-5H. The lowest BCUT2D eigenvalue weighted by Crippen LogP contribution is -1.87. The maximum absolute atomic E-state index is 12.9. The Morgan fingerprint density at radius 2 is 1.92 bits per heavy atom. The Hall–Kier alpha value is -1.58. The molecule has 0 aliphatic heterocycles. The molecule has 1 rings (SSSR count). The lowest BCUT2D eigenvalue weighted by Gasteiger charge is -1.96. The second-order valence-electron chi connectivity index (χ2n) is 2.11. The Morgan fingerprint density at radius 1 is 1.23 bits per heavy atom. The maximum atomic E-state index is 12.9. The smallest absolute Gasteiger partial charge is 0.152 e. The number of nitriles is 1. The van der Waals surface area contributed by atoms with Gasteiger partial charge in [0.1, 0.15) is 11.6 Å². The van der Waals surface area contributed by atoms with Gasteiger partial charge < -0.3 is 0 Å². The van der Waals surface area contributed by atoms with Crippen LogP contribution in [0.3, 0.4) is 0 Å². The van der Waals surface area contributed by atoms with E-state index in [4.69, 9.17) is 16.9 Å². The summed E-state index contributed by atoms with van der Waals surface area (Å²) in [5.41, 5.74) is -0.177. The molecule has 1 nitrogen and oxygen atoms in total. The fraction of sp³-hybridized carbons (Fsp3) is 0. The van der Waals surface area contributed by atoms with Crippen molar-refractivity contribution < 1.29 is 8.78 Å². The Labute approximate surface area is 78.6 Å². The summed E-state index contributed by atoms with van der Waals surface area (Å²) in [5, 5.41) is 7.77. The molecule has 0 spiro atoms. The van der Waals surface area contributed by atoms with Crippen molar-refractivity contribution in [2.75, 3.05) is 0 Å². The summed E-state index contributed by atoms with van der Waals surface area (Å²) >= 11 is 5.29. The highest BCUT2D eigenvalue weighted by molar-refractivity contribution is 6.30. The molecule has 0 aromatic heterocycles. The van der Waals surface area contributed by atoms with Crippen molar-refractivity contribution >= 4 is 11.6 Å². The van der Waals surface area contributed by atoms with Crippen LogP contribution < -0.4 is 0 Å². The van der Waals surface area contributed by atoms with Crippen molar-refractivity contribution in [1.82, 2.24) is 0 Å². The van der Waals surface area contributed by atoms with E-state index in [2.05, 4.69) is 5.92 Å². The first-order valence-electron chi connectivity index (χ1n) is 3.20. The van der Waals surface area contributed by atoms with E-state index in [-0.39, 0.29) is 10.6 Å². The van der Waals surface area contributed by atoms with E-state index in [9.17, 15) is 8.78 Å². The molecule has 0 aliphatic rings. The van der Waals surface area contributed by atoms with Gasteiger partial charge in [0.25, 0.3) is 0 Å². The van der Waals surface area contributed by atoms with Crippen LogP contribution in [0.4, 0.5) is 8.78 Å². The van der Waals surface area contributed by atoms with Crippen LogP contribution in [-0.4, -0.2) is 0 Å². The van der Waals surface area contributed by atoms with Gasteiger partial charge >= 0.3 is 0 Å². The van der Waals surface area contributed by atoms with E-state index in [0.717, 1.165) is 12.1 Å². The first-order valence-corrected chi connectivity index (χ1v) is 3.57.